The van der Waals surface area contributed by atoms with Crippen LogP contribution in [-0.2, 0) is 14.3 Å². The number of ether oxygens (including phenoxy) is 2. The van der Waals surface area contributed by atoms with E-state index in [1.165, 1.54) is 18.6 Å². The molecule has 0 N–H and O–H groups in total. The second kappa shape index (κ2) is 11.3. The number of rotatable bonds is 9. The molecule has 0 aromatic heterocycles. The minimum absolute atomic E-state index is 0.0214. The Labute approximate surface area is 156 Å². The van der Waals surface area contributed by atoms with Crippen LogP contribution in [0.2, 0.25) is 15.1 Å². The number of carbonyl (C=O) groups excluding carboxylic acids is 2. The molecule has 0 aliphatic heterocycles. The van der Waals surface area contributed by atoms with Gasteiger partial charge in [0.15, 0.2) is 5.75 Å². The van der Waals surface area contributed by atoms with Gasteiger partial charge in [0.05, 0.1) is 11.6 Å². The van der Waals surface area contributed by atoms with E-state index in [4.69, 9.17) is 44.3 Å². The topological polar surface area (TPSA) is 52.6 Å². The Morgan fingerprint density at radius 2 is 1.67 bits per heavy atom. The van der Waals surface area contributed by atoms with Crippen molar-refractivity contribution in [1.29, 1.82) is 0 Å². The summed E-state index contributed by atoms with van der Waals surface area (Å²) in [4.78, 5) is 23.2. The van der Waals surface area contributed by atoms with E-state index in [0.29, 0.717) is 6.61 Å². The predicted octanol–water partition coefficient (Wildman–Crippen LogP) is 5.62. The number of esters is 2. The summed E-state index contributed by atoms with van der Waals surface area (Å²) in [7, 11) is 0. The molecule has 0 atom stereocenters. The number of hydrogen-bond acceptors (Lipinski definition) is 4. The molecule has 0 radical (unpaired) electrons. The molecule has 0 heterocycles. The Kier molecular flexibility index (Phi) is 9.84. The highest BCUT2D eigenvalue weighted by Crippen LogP contribution is 2.35. The standard InChI is InChI=1S/C17H19Cl3O4/c1-2-3-4-5-6-9-23-15(21)7-8-16(22)24-14-11-12(18)10-13(19)17(14)20/h7-8,10-11H,2-6,9H2,1H3/b8-7+. The lowest BCUT2D eigenvalue weighted by Crippen LogP contribution is -2.07. The molecule has 1 aromatic carbocycles. The molecule has 0 aliphatic rings. The highest BCUT2D eigenvalue weighted by Gasteiger charge is 2.11. The van der Waals surface area contributed by atoms with E-state index < -0.39 is 11.9 Å². The zero-order valence-electron chi connectivity index (χ0n) is 13.3. The van der Waals surface area contributed by atoms with Crippen molar-refractivity contribution < 1.29 is 19.1 Å². The molecule has 0 spiro atoms. The molecule has 0 fully saturated rings. The maximum atomic E-state index is 11.7. The van der Waals surface area contributed by atoms with Crippen LogP contribution in [0.3, 0.4) is 0 Å². The second-order valence-corrected chi connectivity index (χ2v) is 6.26. The Morgan fingerprint density at radius 3 is 2.38 bits per heavy atom. The smallest absolute Gasteiger partial charge is 0.336 e. The van der Waals surface area contributed by atoms with Gasteiger partial charge >= 0.3 is 11.9 Å². The zero-order valence-corrected chi connectivity index (χ0v) is 15.6. The average Bonchev–Trinajstić information content (AvgIpc) is 2.53. The van der Waals surface area contributed by atoms with E-state index in [0.717, 1.165) is 37.8 Å². The molecule has 7 heteroatoms. The Morgan fingerprint density at radius 1 is 1.00 bits per heavy atom. The van der Waals surface area contributed by atoms with Crippen molar-refractivity contribution >= 4 is 46.7 Å². The second-order valence-electron chi connectivity index (χ2n) is 5.04. The summed E-state index contributed by atoms with van der Waals surface area (Å²) in [6.07, 6.45) is 7.25. The Hall–Kier alpha value is -1.23. The summed E-state index contributed by atoms with van der Waals surface area (Å²) >= 11 is 17.6. The lowest BCUT2D eigenvalue weighted by Gasteiger charge is -2.06. The summed E-state index contributed by atoms with van der Waals surface area (Å²) in [5, 5.41) is 0.509. The SMILES string of the molecule is CCCCCCCOC(=O)/C=C/C(=O)Oc1cc(Cl)cc(Cl)c1Cl. The normalized spacial score (nSPS) is 10.8. The Balaban J connectivity index is 2.39. The van der Waals surface area contributed by atoms with Gasteiger partial charge in [0.1, 0.15) is 5.02 Å². The first-order valence-corrected chi connectivity index (χ1v) is 8.78. The molecule has 132 valence electrons. The molecule has 0 saturated carbocycles. The first kappa shape index (κ1) is 20.8. The quantitative estimate of drug-likeness (QED) is 0.179. The van der Waals surface area contributed by atoms with E-state index in [1.807, 2.05) is 0 Å². The molecule has 0 saturated heterocycles. The van der Waals surface area contributed by atoms with Crippen molar-refractivity contribution in [3.63, 3.8) is 0 Å². The molecular weight excluding hydrogens is 375 g/mol. The molecule has 0 amide bonds. The van der Waals surface area contributed by atoms with E-state index >= 15 is 0 Å². The molecule has 0 unspecified atom stereocenters. The van der Waals surface area contributed by atoms with Crippen molar-refractivity contribution in [3.8, 4) is 5.75 Å². The van der Waals surface area contributed by atoms with Crippen LogP contribution in [0.5, 0.6) is 5.75 Å². The number of halogens is 3. The monoisotopic (exact) mass is 392 g/mol. The molecule has 24 heavy (non-hydrogen) atoms. The van der Waals surface area contributed by atoms with Crippen molar-refractivity contribution in [1.82, 2.24) is 0 Å². The van der Waals surface area contributed by atoms with Crippen molar-refractivity contribution in [3.05, 3.63) is 39.4 Å². The number of hydrogen-bond donors (Lipinski definition) is 0. The summed E-state index contributed by atoms with van der Waals surface area (Å²) in [5.74, 6) is -1.36. The van der Waals surface area contributed by atoms with Crippen molar-refractivity contribution in [2.75, 3.05) is 6.61 Å². The third kappa shape index (κ3) is 8.04. The van der Waals surface area contributed by atoms with Crippen LogP contribution < -0.4 is 4.74 Å². The van der Waals surface area contributed by atoms with Crippen molar-refractivity contribution in [2.45, 2.75) is 39.0 Å². The average molecular weight is 394 g/mol. The van der Waals surface area contributed by atoms with Gasteiger partial charge in [0.2, 0.25) is 0 Å². The first-order valence-electron chi connectivity index (χ1n) is 7.65. The highest BCUT2D eigenvalue weighted by molar-refractivity contribution is 6.44. The summed E-state index contributed by atoms with van der Waals surface area (Å²) < 4.78 is 9.98. The summed E-state index contributed by atoms with van der Waals surface area (Å²) in [5.41, 5.74) is 0. The fraction of sp³-hybridized carbons (Fsp3) is 0.412. The lowest BCUT2D eigenvalue weighted by atomic mass is 10.2. The van der Waals surface area contributed by atoms with Crippen LogP contribution in [0.25, 0.3) is 0 Å². The van der Waals surface area contributed by atoms with Gasteiger partial charge in [-0.05, 0) is 12.5 Å². The summed E-state index contributed by atoms with van der Waals surface area (Å²) in [6, 6.07) is 2.78. The van der Waals surface area contributed by atoms with Crippen LogP contribution in [0.1, 0.15) is 39.0 Å². The maximum Gasteiger partial charge on any atom is 0.336 e. The van der Waals surface area contributed by atoms with E-state index in [2.05, 4.69) is 6.92 Å². The molecule has 1 rings (SSSR count). The van der Waals surface area contributed by atoms with Crippen molar-refractivity contribution in [2.24, 2.45) is 0 Å². The van der Waals surface area contributed by atoms with Crippen LogP contribution in [-0.4, -0.2) is 18.5 Å². The molecule has 4 nitrogen and oxygen atoms in total. The van der Waals surface area contributed by atoms with E-state index in [1.54, 1.807) is 0 Å². The largest absolute Gasteiger partial charge is 0.463 e. The van der Waals surface area contributed by atoms with Gasteiger partial charge in [0.25, 0.3) is 0 Å². The van der Waals surface area contributed by atoms with Gasteiger partial charge in [-0.2, -0.15) is 0 Å². The number of carbonyl (C=O) groups is 2. The van der Waals surface area contributed by atoms with Gasteiger partial charge in [-0.1, -0.05) is 67.4 Å². The van der Waals surface area contributed by atoms with Gasteiger partial charge in [-0.3, -0.25) is 0 Å². The fourth-order valence-corrected chi connectivity index (χ4v) is 2.43. The molecule has 0 bridgehead atoms. The van der Waals surface area contributed by atoms with Crippen LogP contribution in [0.4, 0.5) is 0 Å². The predicted molar refractivity (Wildman–Crippen MR) is 96.0 cm³/mol. The first-order chi connectivity index (χ1) is 11.4. The Bertz CT molecular complexity index is 600. The fourth-order valence-electron chi connectivity index (χ4n) is 1.81. The molecule has 1 aromatic rings. The third-order valence-electron chi connectivity index (χ3n) is 3.02. The maximum absolute atomic E-state index is 11.7. The van der Waals surface area contributed by atoms with Crippen LogP contribution >= 0.6 is 34.8 Å². The van der Waals surface area contributed by atoms with Crippen LogP contribution in [0, 0.1) is 0 Å². The van der Waals surface area contributed by atoms with Gasteiger partial charge in [-0.15, -0.1) is 0 Å². The van der Waals surface area contributed by atoms with E-state index in [9.17, 15) is 9.59 Å². The third-order valence-corrected chi connectivity index (χ3v) is 4.02. The van der Waals surface area contributed by atoms with E-state index in [-0.39, 0.29) is 20.8 Å². The number of unbranched alkanes of at least 4 members (excludes halogenated alkanes) is 4. The minimum atomic E-state index is -0.782. The highest BCUT2D eigenvalue weighted by atomic mass is 35.5. The molecular formula is C17H19Cl3O4. The lowest BCUT2D eigenvalue weighted by molar-refractivity contribution is -0.138. The molecule has 0 aliphatic carbocycles. The van der Waals surface area contributed by atoms with Crippen LogP contribution in [0.15, 0.2) is 24.3 Å². The zero-order chi connectivity index (χ0) is 17.9. The minimum Gasteiger partial charge on any atom is -0.463 e. The van der Waals surface area contributed by atoms with Gasteiger partial charge < -0.3 is 9.47 Å². The van der Waals surface area contributed by atoms with Gasteiger partial charge in [0, 0.05) is 23.2 Å². The van der Waals surface area contributed by atoms with Gasteiger partial charge in [-0.25, -0.2) is 9.59 Å². The summed E-state index contributed by atoms with van der Waals surface area (Å²) in [6.45, 7) is 2.46. The number of benzene rings is 1.